The average Bonchev–Trinajstić information content (AvgIpc) is 2.06. The van der Waals surface area contributed by atoms with E-state index >= 15 is 0 Å². The first-order chi connectivity index (χ1) is 5.83. The summed E-state index contributed by atoms with van der Waals surface area (Å²) in [5.74, 6) is 0. The Morgan fingerprint density at radius 2 is 1.17 bits per heavy atom. The van der Waals surface area contributed by atoms with E-state index in [2.05, 4.69) is 6.92 Å². The highest BCUT2D eigenvalue weighted by molar-refractivity contribution is 4.43. The van der Waals surface area contributed by atoms with Crippen LogP contribution in [0, 0.1) is 0 Å². The van der Waals surface area contributed by atoms with Crippen molar-refractivity contribution in [2.24, 2.45) is 11.5 Å². The van der Waals surface area contributed by atoms with Gasteiger partial charge in [-0.3, -0.25) is 0 Å². The summed E-state index contributed by atoms with van der Waals surface area (Å²) in [5, 5.41) is 0. The van der Waals surface area contributed by atoms with Gasteiger partial charge in [-0.05, 0) is 19.5 Å². The van der Waals surface area contributed by atoms with Crippen LogP contribution >= 0.6 is 0 Å². The second-order valence-corrected chi connectivity index (χ2v) is 2.96. The first-order valence-corrected chi connectivity index (χ1v) is 5.23. The van der Waals surface area contributed by atoms with E-state index in [9.17, 15) is 0 Å². The van der Waals surface area contributed by atoms with Crippen LogP contribution in [0.4, 0.5) is 0 Å². The molecule has 0 saturated heterocycles. The van der Waals surface area contributed by atoms with Crippen molar-refractivity contribution in [1.29, 1.82) is 0 Å². The Bertz CT molecular complexity index is 49.8. The van der Waals surface area contributed by atoms with Crippen LogP contribution in [0.1, 0.15) is 52.4 Å². The fourth-order valence-corrected chi connectivity index (χ4v) is 0.925. The topological polar surface area (TPSA) is 52.0 Å². The smallest absolute Gasteiger partial charge is 0.00773 e. The summed E-state index contributed by atoms with van der Waals surface area (Å²) >= 11 is 0. The predicted molar refractivity (Wildman–Crippen MR) is 57.2 cm³/mol. The molecule has 4 N–H and O–H groups in total. The molecule has 0 spiro atoms. The predicted octanol–water partition coefficient (Wildman–Crippen LogP) is 2.27. The maximum atomic E-state index is 5.34. The molecule has 0 radical (unpaired) electrons. The van der Waals surface area contributed by atoms with Gasteiger partial charge in [0.25, 0.3) is 0 Å². The zero-order chi connectivity index (χ0) is 9.66. The van der Waals surface area contributed by atoms with Gasteiger partial charge in [-0.1, -0.05) is 46.0 Å². The molecule has 0 aliphatic carbocycles. The van der Waals surface area contributed by atoms with Gasteiger partial charge in [-0.25, -0.2) is 0 Å². The van der Waals surface area contributed by atoms with E-state index in [0.29, 0.717) is 0 Å². The number of rotatable bonds is 6. The van der Waals surface area contributed by atoms with Crippen LogP contribution in [-0.4, -0.2) is 13.1 Å². The monoisotopic (exact) mass is 174 g/mol. The second-order valence-electron chi connectivity index (χ2n) is 2.96. The maximum absolute atomic E-state index is 5.34. The van der Waals surface area contributed by atoms with Crippen LogP contribution < -0.4 is 11.5 Å². The molecule has 0 fully saturated rings. The Hall–Kier alpha value is -0.0800. The lowest BCUT2D eigenvalue weighted by molar-refractivity contribution is 0.612. The van der Waals surface area contributed by atoms with Crippen molar-refractivity contribution in [3.63, 3.8) is 0 Å². The summed E-state index contributed by atoms with van der Waals surface area (Å²) in [6.45, 7) is 5.76. The lowest BCUT2D eigenvalue weighted by Crippen LogP contribution is -1.97. The molecule has 12 heavy (non-hydrogen) atoms. The van der Waals surface area contributed by atoms with E-state index in [-0.39, 0.29) is 0 Å². The average molecular weight is 174 g/mol. The highest BCUT2D eigenvalue weighted by Gasteiger charge is 1.85. The van der Waals surface area contributed by atoms with Crippen molar-refractivity contribution in [1.82, 2.24) is 0 Å². The Morgan fingerprint density at radius 3 is 1.58 bits per heavy atom. The Kier molecular flexibility index (Phi) is 20.6. The van der Waals surface area contributed by atoms with E-state index in [1.54, 1.807) is 0 Å². The van der Waals surface area contributed by atoms with E-state index in [1.165, 1.54) is 38.5 Å². The van der Waals surface area contributed by atoms with Crippen LogP contribution in [0.3, 0.4) is 0 Å². The van der Waals surface area contributed by atoms with Crippen molar-refractivity contribution in [2.75, 3.05) is 13.1 Å². The zero-order valence-electron chi connectivity index (χ0n) is 8.81. The fourth-order valence-electron chi connectivity index (χ4n) is 0.925. The van der Waals surface area contributed by atoms with Crippen molar-refractivity contribution in [3.8, 4) is 0 Å². The first kappa shape index (κ1) is 14.4. The highest BCUT2D eigenvalue weighted by atomic mass is 14.5. The molecule has 0 bridgehead atoms. The molecule has 2 heteroatoms. The van der Waals surface area contributed by atoms with Crippen molar-refractivity contribution in [3.05, 3.63) is 0 Å². The highest BCUT2D eigenvalue weighted by Crippen LogP contribution is 2.03. The van der Waals surface area contributed by atoms with E-state index in [0.717, 1.165) is 13.1 Å². The van der Waals surface area contributed by atoms with Gasteiger partial charge in [0.05, 0.1) is 0 Å². The second kappa shape index (κ2) is 17.1. The lowest BCUT2D eigenvalue weighted by atomic mass is 10.1. The third-order valence-electron chi connectivity index (χ3n) is 1.56. The number of hydrogen-bond donors (Lipinski definition) is 2. The van der Waals surface area contributed by atoms with Crippen molar-refractivity contribution >= 4 is 0 Å². The molecular weight excluding hydrogens is 148 g/mol. The molecule has 0 amide bonds. The summed E-state index contributed by atoms with van der Waals surface area (Å²) in [5.41, 5.74) is 10.2. The van der Waals surface area contributed by atoms with Gasteiger partial charge in [0.2, 0.25) is 0 Å². The largest absolute Gasteiger partial charge is 0.331 e. The molecule has 0 aliphatic rings. The minimum atomic E-state index is 0.750. The Labute approximate surface area is 77.7 Å². The normalized spacial score (nSPS) is 9.00. The number of unbranched alkanes of at least 4 members (excludes halogenated alkanes) is 5. The SMILES string of the molecule is CCCCCCCCN.CCN. The molecule has 0 heterocycles. The van der Waals surface area contributed by atoms with Gasteiger partial charge >= 0.3 is 0 Å². The molecular formula is C10H26N2. The molecule has 76 valence electrons. The van der Waals surface area contributed by atoms with Crippen molar-refractivity contribution in [2.45, 2.75) is 52.4 Å². The van der Waals surface area contributed by atoms with Crippen LogP contribution in [0.25, 0.3) is 0 Å². The summed E-state index contributed by atoms with van der Waals surface area (Å²) < 4.78 is 0. The first-order valence-electron chi connectivity index (χ1n) is 5.23. The summed E-state index contributed by atoms with van der Waals surface area (Å²) in [6.07, 6.45) is 8.05. The Morgan fingerprint density at radius 1 is 0.750 bits per heavy atom. The van der Waals surface area contributed by atoms with Gasteiger partial charge in [0.1, 0.15) is 0 Å². The van der Waals surface area contributed by atoms with Gasteiger partial charge < -0.3 is 11.5 Å². The van der Waals surface area contributed by atoms with Crippen LogP contribution in [0.2, 0.25) is 0 Å². The van der Waals surface area contributed by atoms with E-state index in [4.69, 9.17) is 11.5 Å². The van der Waals surface area contributed by atoms with Crippen LogP contribution in [0.5, 0.6) is 0 Å². The van der Waals surface area contributed by atoms with E-state index in [1.807, 2.05) is 6.92 Å². The van der Waals surface area contributed by atoms with Gasteiger partial charge in [-0.15, -0.1) is 0 Å². The third kappa shape index (κ3) is 22.5. The molecule has 0 aliphatic heterocycles. The van der Waals surface area contributed by atoms with E-state index < -0.39 is 0 Å². The third-order valence-corrected chi connectivity index (χ3v) is 1.56. The summed E-state index contributed by atoms with van der Waals surface area (Å²) in [6, 6.07) is 0. The fraction of sp³-hybridized carbons (Fsp3) is 1.00. The molecule has 0 unspecified atom stereocenters. The van der Waals surface area contributed by atoms with Gasteiger partial charge in [0, 0.05) is 0 Å². The number of hydrogen-bond acceptors (Lipinski definition) is 2. The minimum absolute atomic E-state index is 0.750. The standard InChI is InChI=1S/C8H19N.C2H7N/c1-2-3-4-5-6-7-8-9;1-2-3/h2-9H2,1H3;2-3H2,1H3. The quantitative estimate of drug-likeness (QED) is 0.607. The molecule has 0 atom stereocenters. The van der Waals surface area contributed by atoms with Crippen LogP contribution in [-0.2, 0) is 0 Å². The Balaban J connectivity index is 0. The molecule has 0 aromatic carbocycles. The summed E-state index contributed by atoms with van der Waals surface area (Å²) in [7, 11) is 0. The molecule has 2 nitrogen and oxygen atoms in total. The molecule has 0 aromatic heterocycles. The summed E-state index contributed by atoms with van der Waals surface area (Å²) in [4.78, 5) is 0. The molecule has 0 rings (SSSR count). The molecule has 0 aromatic rings. The number of nitrogens with two attached hydrogens (primary N) is 2. The van der Waals surface area contributed by atoms with Crippen molar-refractivity contribution < 1.29 is 0 Å². The van der Waals surface area contributed by atoms with Gasteiger partial charge in [-0.2, -0.15) is 0 Å². The zero-order valence-corrected chi connectivity index (χ0v) is 8.81. The minimum Gasteiger partial charge on any atom is -0.331 e. The maximum Gasteiger partial charge on any atom is -0.00773 e. The lowest BCUT2D eigenvalue weighted by Gasteiger charge is -1.96. The molecule has 0 saturated carbocycles. The van der Waals surface area contributed by atoms with Crippen LogP contribution in [0.15, 0.2) is 0 Å². The van der Waals surface area contributed by atoms with Gasteiger partial charge in [0.15, 0.2) is 0 Å².